The first-order valence-electron chi connectivity index (χ1n) is 5.54. The number of thioether (sulfide) groups is 1. The molecule has 0 aliphatic rings. The van der Waals surface area contributed by atoms with E-state index in [4.69, 9.17) is 11.0 Å². The maximum absolute atomic E-state index is 11.7. The second kappa shape index (κ2) is 5.45. The molecule has 2 rings (SSSR count). The zero-order valence-corrected chi connectivity index (χ0v) is 12.7. The SMILES string of the molecule is CSc1cnn(-c2cc(N(C)P(N)(N)=O)ccc2O)n1. The van der Waals surface area contributed by atoms with Gasteiger partial charge in [0, 0.05) is 12.7 Å². The Morgan fingerprint density at radius 1 is 1.45 bits per heavy atom. The molecule has 0 atom stereocenters. The normalized spacial score (nSPS) is 11.6. The molecule has 0 radical (unpaired) electrons. The predicted octanol–water partition coefficient (Wildman–Crippen LogP) is 1.16. The summed E-state index contributed by atoms with van der Waals surface area (Å²) in [6.07, 6.45) is 3.45. The average molecular weight is 314 g/mol. The smallest absolute Gasteiger partial charge is 0.300 e. The highest BCUT2D eigenvalue weighted by Crippen LogP contribution is 2.37. The lowest BCUT2D eigenvalue weighted by Gasteiger charge is -2.23. The van der Waals surface area contributed by atoms with Crippen LogP contribution in [0.4, 0.5) is 5.69 Å². The van der Waals surface area contributed by atoms with Gasteiger partial charge in [0.25, 0.3) is 7.59 Å². The van der Waals surface area contributed by atoms with E-state index in [2.05, 4.69) is 10.2 Å². The molecule has 0 aliphatic carbocycles. The van der Waals surface area contributed by atoms with E-state index in [1.807, 2.05) is 6.26 Å². The molecule has 108 valence electrons. The Morgan fingerprint density at radius 2 is 2.15 bits per heavy atom. The first-order valence-corrected chi connectivity index (χ1v) is 8.56. The number of rotatable bonds is 4. The fraction of sp³-hybridized carbons (Fsp3) is 0.200. The van der Waals surface area contributed by atoms with E-state index in [-0.39, 0.29) is 5.75 Å². The van der Waals surface area contributed by atoms with Crippen LogP contribution in [0.1, 0.15) is 0 Å². The Balaban J connectivity index is 2.46. The molecule has 5 N–H and O–H groups in total. The van der Waals surface area contributed by atoms with Gasteiger partial charge in [-0.1, -0.05) is 0 Å². The van der Waals surface area contributed by atoms with Gasteiger partial charge in [-0.2, -0.15) is 5.10 Å². The number of hydrogen-bond acceptors (Lipinski definition) is 5. The molecule has 1 heterocycles. The van der Waals surface area contributed by atoms with Crippen LogP contribution in [0.5, 0.6) is 5.75 Å². The fourth-order valence-corrected chi connectivity index (χ4v) is 2.31. The minimum Gasteiger partial charge on any atom is -0.506 e. The number of aromatic nitrogens is 3. The molecule has 0 bridgehead atoms. The number of aromatic hydroxyl groups is 1. The Labute approximate surface area is 120 Å². The van der Waals surface area contributed by atoms with Crippen molar-refractivity contribution in [3.63, 3.8) is 0 Å². The van der Waals surface area contributed by atoms with E-state index in [0.717, 1.165) is 0 Å². The predicted molar refractivity (Wildman–Crippen MR) is 79.2 cm³/mol. The monoisotopic (exact) mass is 314 g/mol. The quantitative estimate of drug-likeness (QED) is 0.567. The maximum Gasteiger partial charge on any atom is 0.300 e. The van der Waals surface area contributed by atoms with Crippen LogP contribution in [0.25, 0.3) is 5.69 Å². The first-order chi connectivity index (χ1) is 9.32. The third-order valence-corrected chi connectivity index (χ3v) is 4.47. The molecule has 10 heteroatoms. The van der Waals surface area contributed by atoms with E-state index in [9.17, 15) is 9.67 Å². The molecule has 1 aromatic carbocycles. The summed E-state index contributed by atoms with van der Waals surface area (Å²) >= 11 is 1.43. The van der Waals surface area contributed by atoms with E-state index in [1.54, 1.807) is 18.3 Å². The molecule has 2 aromatic rings. The highest BCUT2D eigenvalue weighted by Gasteiger charge is 2.19. The molecule has 0 saturated carbocycles. The molecular formula is C10H15N6O2PS. The van der Waals surface area contributed by atoms with Gasteiger partial charge in [0.1, 0.15) is 16.5 Å². The van der Waals surface area contributed by atoms with Crippen LogP contribution in [-0.2, 0) is 4.57 Å². The van der Waals surface area contributed by atoms with Crippen LogP contribution >= 0.6 is 19.4 Å². The summed E-state index contributed by atoms with van der Waals surface area (Å²) in [5.41, 5.74) is 11.7. The number of phenols is 1. The summed E-state index contributed by atoms with van der Waals surface area (Å²) in [4.78, 5) is 1.29. The van der Waals surface area contributed by atoms with Gasteiger partial charge in [-0.15, -0.1) is 21.7 Å². The molecule has 0 fully saturated rings. The molecule has 0 saturated heterocycles. The van der Waals surface area contributed by atoms with Gasteiger partial charge in [-0.25, -0.2) is 0 Å². The van der Waals surface area contributed by atoms with Crippen LogP contribution in [-0.4, -0.2) is 33.4 Å². The van der Waals surface area contributed by atoms with Crippen molar-refractivity contribution in [1.29, 1.82) is 0 Å². The number of benzene rings is 1. The molecule has 0 unspecified atom stereocenters. The first kappa shape index (κ1) is 14.9. The molecule has 0 amide bonds. The van der Waals surface area contributed by atoms with Gasteiger partial charge in [-0.05, 0) is 24.5 Å². The number of nitrogens with two attached hydrogens (primary N) is 2. The highest BCUT2D eigenvalue weighted by atomic mass is 32.2. The van der Waals surface area contributed by atoms with Crippen LogP contribution in [0.15, 0.2) is 29.4 Å². The van der Waals surface area contributed by atoms with E-state index in [1.165, 1.54) is 34.3 Å². The molecule has 1 aromatic heterocycles. The summed E-state index contributed by atoms with van der Waals surface area (Å²) in [5, 5.41) is 18.8. The summed E-state index contributed by atoms with van der Waals surface area (Å²) in [6.45, 7) is 0. The van der Waals surface area contributed by atoms with Crippen molar-refractivity contribution in [2.24, 2.45) is 11.0 Å². The van der Waals surface area contributed by atoms with Crippen LogP contribution in [0.3, 0.4) is 0 Å². The molecular weight excluding hydrogens is 299 g/mol. The topological polar surface area (TPSA) is 123 Å². The zero-order valence-electron chi connectivity index (χ0n) is 11.0. The van der Waals surface area contributed by atoms with Gasteiger partial charge in [0.05, 0.1) is 6.20 Å². The minimum absolute atomic E-state index is 0.00530. The Hall–Kier alpha value is -1.54. The lowest BCUT2D eigenvalue weighted by atomic mass is 10.2. The van der Waals surface area contributed by atoms with Crippen molar-refractivity contribution in [3.8, 4) is 11.4 Å². The van der Waals surface area contributed by atoms with Crippen molar-refractivity contribution in [2.75, 3.05) is 18.0 Å². The average Bonchev–Trinajstić information content (AvgIpc) is 2.86. The van der Waals surface area contributed by atoms with E-state index < -0.39 is 7.59 Å². The number of phenolic OH excluding ortho intramolecular Hbond substituents is 1. The van der Waals surface area contributed by atoms with Gasteiger partial charge < -0.3 is 9.78 Å². The van der Waals surface area contributed by atoms with Gasteiger partial charge >= 0.3 is 0 Å². The zero-order chi connectivity index (χ0) is 14.9. The summed E-state index contributed by atoms with van der Waals surface area (Å²) in [6, 6.07) is 4.56. The van der Waals surface area contributed by atoms with Crippen LogP contribution in [0.2, 0.25) is 0 Å². The Bertz CT molecular complexity index is 670. The molecule has 20 heavy (non-hydrogen) atoms. The van der Waals surface area contributed by atoms with Gasteiger partial charge in [0.2, 0.25) is 0 Å². The van der Waals surface area contributed by atoms with E-state index >= 15 is 0 Å². The van der Waals surface area contributed by atoms with Crippen molar-refractivity contribution in [1.82, 2.24) is 15.0 Å². The van der Waals surface area contributed by atoms with Gasteiger partial charge in [-0.3, -0.25) is 15.6 Å². The Morgan fingerprint density at radius 3 is 2.70 bits per heavy atom. The third-order valence-electron chi connectivity index (χ3n) is 2.70. The van der Waals surface area contributed by atoms with Crippen LogP contribution in [0, 0.1) is 0 Å². The summed E-state index contributed by atoms with van der Waals surface area (Å²) < 4.78 is 12.9. The second-order valence-electron chi connectivity index (χ2n) is 4.05. The largest absolute Gasteiger partial charge is 0.506 e. The third kappa shape index (κ3) is 2.96. The lowest BCUT2D eigenvalue weighted by Crippen LogP contribution is -2.24. The molecule has 8 nitrogen and oxygen atoms in total. The maximum atomic E-state index is 11.7. The fourth-order valence-electron chi connectivity index (χ4n) is 1.51. The van der Waals surface area contributed by atoms with E-state index in [0.29, 0.717) is 16.4 Å². The lowest BCUT2D eigenvalue weighted by molar-refractivity contribution is 0.467. The number of anilines is 1. The van der Waals surface area contributed by atoms with Crippen molar-refractivity contribution >= 4 is 25.0 Å². The van der Waals surface area contributed by atoms with Crippen LogP contribution < -0.4 is 15.7 Å². The second-order valence-corrected chi connectivity index (χ2v) is 6.82. The van der Waals surface area contributed by atoms with Gasteiger partial charge in [0.15, 0.2) is 0 Å². The number of nitrogens with zero attached hydrogens (tertiary/aromatic N) is 4. The summed E-state index contributed by atoms with van der Waals surface area (Å²) in [7, 11) is -1.89. The van der Waals surface area contributed by atoms with Crippen molar-refractivity contribution in [3.05, 3.63) is 24.4 Å². The Kier molecular flexibility index (Phi) is 4.05. The minimum atomic E-state index is -3.41. The summed E-state index contributed by atoms with van der Waals surface area (Å²) in [5.74, 6) is -0.00530. The van der Waals surface area contributed by atoms with Crippen molar-refractivity contribution < 1.29 is 9.67 Å². The van der Waals surface area contributed by atoms with Crippen molar-refractivity contribution in [2.45, 2.75) is 5.03 Å². The highest BCUT2D eigenvalue weighted by molar-refractivity contribution is 7.98. The standard InChI is InChI=1S/C10H15N6O2PS/c1-15(19(11,12)18)7-3-4-9(17)8(5-7)16-13-6-10(14-16)20-2/h3-6,17H,1-2H3,(H4,11,12,18). The molecule has 0 spiro atoms. The molecule has 0 aliphatic heterocycles. The number of hydrogen-bond donors (Lipinski definition) is 3.